The Kier molecular flexibility index (Phi) is 4.88. The quantitative estimate of drug-likeness (QED) is 0.518. The maximum atomic E-state index is 13.3. The van der Waals surface area contributed by atoms with Crippen LogP contribution in [0, 0.1) is 0 Å². The lowest BCUT2D eigenvalue weighted by Gasteiger charge is -2.14. The number of aromatic nitrogens is 2. The van der Waals surface area contributed by atoms with Crippen LogP contribution in [0.25, 0.3) is 16.6 Å². The molecule has 5 heteroatoms. The Hall–Kier alpha value is -3.11. The van der Waals surface area contributed by atoms with E-state index in [9.17, 15) is 9.59 Å². The van der Waals surface area contributed by atoms with Crippen molar-refractivity contribution in [3.63, 3.8) is 0 Å². The summed E-state index contributed by atoms with van der Waals surface area (Å²) in [6, 6.07) is 22.1. The summed E-state index contributed by atoms with van der Waals surface area (Å²) in [5, 5.41) is 1.11. The largest absolute Gasteiger partial charge is 0.336 e. The van der Waals surface area contributed by atoms with E-state index in [1.165, 1.54) is 4.57 Å². The maximum absolute atomic E-state index is 13.3. The minimum Gasteiger partial charge on any atom is -0.288 e. The van der Waals surface area contributed by atoms with Gasteiger partial charge in [0.05, 0.1) is 23.1 Å². The molecule has 0 fully saturated rings. The molecule has 0 N–H and O–H groups in total. The van der Waals surface area contributed by atoms with E-state index in [0.717, 1.165) is 17.5 Å². The Morgan fingerprint density at radius 2 is 1.61 bits per heavy atom. The van der Waals surface area contributed by atoms with E-state index < -0.39 is 0 Å². The van der Waals surface area contributed by atoms with Gasteiger partial charge in [0.15, 0.2) is 0 Å². The number of benzene rings is 3. The Morgan fingerprint density at radius 1 is 0.857 bits per heavy atom. The van der Waals surface area contributed by atoms with Crippen LogP contribution >= 0.6 is 11.6 Å². The number of nitrogens with zero attached hydrogens (tertiary/aromatic N) is 2. The lowest BCUT2D eigenvalue weighted by Crippen LogP contribution is -2.39. The molecule has 1 aromatic heterocycles. The number of halogens is 1. The molecule has 140 valence electrons. The number of aryl methyl sites for hydroxylation is 1. The van der Waals surface area contributed by atoms with E-state index in [4.69, 9.17) is 11.6 Å². The maximum Gasteiger partial charge on any atom is 0.336 e. The van der Waals surface area contributed by atoms with Crippen molar-refractivity contribution in [2.75, 3.05) is 0 Å². The molecule has 0 spiro atoms. The molecule has 0 atom stereocenters. The average Bonchev–Trinajstić information content (AvgIpc) is 2.72. The molecule has 4 aromatic rings. The summed E-state index contributed by atoms with van der Waals surface area (Å²) in [4.78, 5) is 26.4. The molecule has 0 saturated carbocycles. The Morgan fingerprint density at radius 3 is 2.32 bits per heavy atom. The summed E-state index contributed by atoms with van der Waals surface area (Å²) in [7, 11) is 0. The zero-order valence-corrected chi connectivity index (χ0v) is 16.2. The summed E-state index contributed by atoms with van der Waals surface area (Å²) in [6.07, 6.45) is 0.895. The minimum atomic E-state index is -0.368. The first-order chi connectivity index (χ1) is 13.6. The van der Waals surface area contributed by atoms with Gasteiger partial charge in [-0.2, -0.15) is 0 Å². The second-order valence-corrected chi connectivity index (χ2v) is 7.11. The van der Waals surface area contributed by atoms with Crippen molar-refractivity contribution < 1.29 is 0 Å². The Balaban J connectivity index is 1.98. The molecule has 3 aromatic carbocycles. The highest BCUT2D eigenvalue weighted by Gasteiger charge is 2.14. The van der Waals surface area contributed by atoms with Gasteiger partial charge in [-0.05, 0) is 53.9 Å². The third-order valence-electron chi connectivity index (χ3n) is 4.88. The molecule has 1 heterocycles. The highest BCUT2D eigenvalue weighted by molar-refractivity contribution is 6.30. The van der Waals surface area contributed by atoms with Crippen molar-refractivity contribution in [3.05, 3.63) is 110 Å². The van der Waals surface area contributed by atoms with Gasteiger partial charge in [-0.3, -0.25) is 9.36 Å². The van der Waals surface area contributed by atoms with Gasteiger partial charge in [0.1, 0.15) is 0 Å². The van der Waals surface area contributed by atoms with Crippen molar-refractivity contribution >= 4 is 22.5 Å². The molecule has 0 bridgehead atoms. The molecule has 0 saturated heterocycles. The Labute approximate surface area is 167 Å². The fraction of sp³-hybridized carbons (Fsp3) is 0.130. The first kappa shape index (κ1) is 18.3. The fourth-order valence-electron chi connectivity index (χ4n) is 3.40. The standard InChI is InChI=1S/C23H19ClN2O2/c1-2-16-10-12-19(13-11-16)26-22(27)20-8-3-4-9-21(20)25(23(26)28)15-17-6-5-7-18(24)14-17/h3-14H,2,15H2,1H3. The van der Waals surface area contributed by atoms with Gasteiger partial charge in [-0.1, -0.05) is 54.9 Å². The van der Waals surface area contributed by atoms with E-state index in [1.54, 1.807) is 22.8 Å². The zero-order chi connectivity index (χ0) is 19.7. The zero-order valence-electron chi connectivity index (χ0n) is 15.4. The molecule has 0 aliphatic carbocycles. The summed E-state index contributed by atoms with van der Waals surface area (Å²) >= 11 is 6.11. The lowest BCUT2D eigenvalue weighted by molar-refractivity contribution is 0.714. The molecule has 0 unspecified atom stereocenters. The van der Waals surface area contributed by atoms with Crippen LogP contribution in [0.4, 0.5) is 0 Å². The molecular formula is C23H19ClN2O2. The van der Waals surface area contributed by atoms with E-state index in [-0.39, 0.29) is 11.2 Å². The van der Waals surface area contributed by atoms with E-state index in [0.29, 0.717) is 28.2 Å². The molecule has 0 amide bonds. The normalized spacial score (nSPS) is 11.1. The highest BCUT2D eigenvalue weighted by Crippen LogP contribution is 2.15. The third-order valence-corrected chi connectivity index (χ3v) is 5.12. The van der Waals surface area contributed by atoms with Crippen LogP contribution in [0.3, 0.4) is 0 Å². The van der Waals surface area contributed by atoms with Crippen LogP contribution in [-0.2, 0) is 13.0 Å². The highest BCUT2D eigenvalue weighted by atomic mass is 35.5. The molecule has 4 rings (SSSR count). The van der Waals surface area contributed by atoms with Crippen LogP contribution in [0.5, 0.6) is 0 Å². The van der Waals surface area contributed by atoms with Crippen molar-refractivity contribution in [2.45, 2.75) is 19.9 Å². The minimum absolute atomic E-state index is 0.313. The van der Waals surface area contributed by atoms with Gasteiger partial charge in [0, 0.05) is 5.02 Å². The molecular weight excluding hydrogens is 372 g/mol. The summed E-state index contributed by atoms with van der Waals surface area (Å²) < 4.78 is 2.86. The van der Waals surface area contributed by atoms with Crippen LogP contribution in [0.15, 0.2) is 82.4 Å². The predicted molar refractivity (Wildman–Crippen MR) is 114 cm³/mol. The molecule has 0 aliphatic rings. The molecule has 4 nitrogen and oxygen atoms in total. The van der Waals surface area contributed by atoms with Gasteiger partial charge in [-0.25, -0.2) is 9.36 Å². The smallest absolute Gasteiger partial charge is 0.288 e. The average molecular weight is 391 g/mol. The number of rotatable bonds is 4. The monoisotopic (exact) mass is 390 g/mol. The number of hydrogen-bond donors (Lipinski definition) is 0. The van der Waals surface area contributed by atoms with Gasteiger partial charge in [-0.15, -0.1) is 0 Å². The summed E-state index contributed by atoms with van der Waals surface area (Å²) in [5.74, 6) is 0. The van der Waals surface area contributed by atoms with Crippen molar-refractivity contribution in [2.24, 2.45) is 0 Å². The van der Waals surface area contributed by atoms with Crippen LogP contribution < -0.4 is 11.2 Å². The molecule has 28 heavy (non-hydrogen) atoms. The first-order valence-electron chi connectivity index (χ1n) is 9.17. The van der Waals surface area contributed by atoms with Crippen LogP contribution in [0.1, 0.15) is 18.1 Å². The first-order valence-corrected chi connectivity index (χ1v) is 9.54. The third kappa shape index (κ3) is 3.27. The number of fused-ring (bicyclic) bond motifs is 1. The second-order valence-electron chi connectivity index (χ2n) is 6.68. The van der Waals surface area contributed by atoms with Crippen molar-refractivity contribution in [1.29, 1.82) is 0 Å². The second kappa shape index (κ2) is 7.49. The van der Waals surface area contributed by atoms with Gasteiger partial charge >= 0.3 is 5.69 Å². The van der Waals surface area contributed by atoms with Gasteiger partial charge in [0.2, 0.25) is 0 Å². The van der Waals surface area contributed by atoms with Crippen molar-refractivity contribution in [3.8, 4) is 5.69 Å². The summed E-state index contributed by atoms with van der Waals surface area (Å²) in [5.41, 5.74) is 2.54. The molecule has 0 radical (unpaired) electrons. The van der Waals surface area contributed by atoms with Gasteiger partial charge in [0.25, 0.3) is 5.56 Å². The van der Waals surface area contributed by atoms with Crippen LogP contribution in [-0.4, -0.2) is 9.13 Å². The number of para-hydroxylation sites is 1. The van der Waals surface area contributed by atoms with Crippen LogP contribution in [0.2, 0.25) is 5.02 Å². The lowest BCUT2D eigenvalue weighted by atomic mass is 10.1. The number of hydrogen-bond acceptors (Lipinski definition) is 2. The van der Waals surface area contributed by atoms with Gasteiger partial charge < -0.3 is 0 Å². The summed E-state index contributed by atoms with van der Waals surface area (Å²) in [6.45, 7) is 2.39. The van der Waals surface area contributed by atoms with E-state index in [2.05, 4.69) is 6.92 Å². The molecule has 0 aliphatic heterocycles. The van der Waals surface area contributed by atoms with Crippen molar-refractivity contribution in [1.82, 2.24) is 9.13 Å². The van der Waals surface area contributed by atoms with E-state index >= 15 is 0 Å². The fourth-order valence-corrected chi connectivity index (χ4v) is 3.61. The van der Waals surface area contributed by atoms with E-state index in [1.807, 2.05) is 54.6 Å². The topological polar surface area (TPSA) is 44.0 Å². The predicted octanol–water partition coefficient (Wildman–Crippen LogP) is 4.42. The SMILES string of the molecule is CCc1ccc(-n2c(=O)c3ccccc3n(Cc3cccc(Cl)c3)c2=O)cc1. The Bertz CT molecular complexity index is 1270.